The normalized spacial score (nSPS) is 20.4. The minimum atomic E-state index is -0.247. The van der Waals surface area contributed by atoms with E-state index in [1.807, 2.05) is 6.92 Å². The zero-order chi connectivity index (χ0) is 13.8. The number of hydrogen-bond acceptors (Lipinski definition) is 5. The number of nitrogens with zero attached hydrogens (tertiary/aromatic N) is 1. The molecule has 0 spiro atoms. The molecule has 1 aliphatic heterocycles. The van der Waals surface area contributed by atoms with Crippen LogP contribution >= 0.6 is 11.3 Å². The highest BCUT2D eigenvalue weighted by atomic mass is 32.1. The first-order valence-electron chi connectivity index (χ1n) is 6.81. The second-order valence-electron chi connectivity index (χ2n) is 5.18. The summed E-state index contributed by atoms with van der Waals surface area (Å²) < 4.78 is 5.34. The molecule has 1 saturated heterocycles. The minimum Gasteiger partial charge on any atom is -0.461 e. The van der Waals surface area contributed by atoms with Gasteiger partial charge < -0.3 is 15.4 Å². The third-order valence-electron chi connectivity index (χ3n) is 3.76. The molecular formula is C14H22N2O2S. The van der Waals surface area contributed by atoms with E-state index in [2.05, 4.69) is 11.9 Å². The van der Waals surface area contributed by atoms with E-state index in [1.165, 1.54) is 30.6 Å². The fourth-order valence-electron chi connectivity index (χ4n) is 2.46. The summed E-state index contributed by atoms with van der Waals surface area (Å²) in [5, 5.41) is 0. The van der Waals surface area contributed by atoms with Gasteiger partial charge in [0.25, 0.3) is 0 Å². The zero-order valence-corrected chi connectivity index (χ0v) is 12.5. The molecular weight excluding hydrogens is 260 g/mol. The number of rotatable bonds is 4. The lowest BCUT2D eigenvalue weighted by Crippen LogP contribution is -2.37. The molecule has 1 aliphatic rings. The molecule has 0 radical (unpaired) electrons. The van der Waals surface area contributed by atoms with Crippen LogP contribution in [0.4, 0.5) is 5.69 Å². The Morgan fingerprint density at radius 1 is 1.58 bits per heavy atom. The molecule has 1 atom stereocenters. The third-order valence-corrected chi connectivity index (χ3v) is 4.81. The smallest absolute Gasteiger partial charge is 0.348 e. The van der Waals surface area contributed by atoms with Crippen molar-refractivity contribution >= 4 is 23.0 Å². The highest BCUT2D eigenvalue weighted by molar-refractivity contribution is 7.14. The number of carbonyl (C=O) groups is 1. The van der Waals surface area contributed by atoms with Crippen molar-refractivity contribution in [1.29, 1.82) is 0 Å². The lowest BCUT2D eigenvalue weighted by atomic mass is 10.0. The maximum atomic E-state index is 11.9. The summed E-state index contributed by atoms with van der Waals surface area (Å²) in [7, 11) is 2.15. The van der Waals surface area contributed by atoms with E-state index < -0.39 is 0 Å². The Morgan fingerprint density at radius 2 is 2.37 bits per heavy atom. The molecule has 1 aromatic heterocycles. The number of nitrogens with two attached hydrogens (primary N) is 1. The molecule has 0 bridgehead atoms. The summed E-state index contributed by atoms with van der Waals surface area (Å²) in [4.78, 5) is 15.8. The quantitative estimate of drug-likeness (QED) is 0.863. The molecule has 1 fully saturated rings. The number of carbonyl (C=O) groups excluding carboxylic acids is 1. The van der Waals surface area contributed by atoms with Crippen LogP contribution in [-0.2, 0) is 4.74 Å². The first-order valence-corrected chi connectivity index (χ1v) is 7.63. The maximum Gasteiger partial charge on any atom is 0.348 e. The van der Waals surface area contributed by atoms with Gasteiger partial charge in [0.15, 0.2) is 0 Å². The second-order valence-corrected chi connectivity index (χ2v) is 6.43. The van der Waals surface area contributed by atoms with Crippen LogP contribution < -0.4 is 5.73 Å². The fraction of sp³-hybridized carbons (Fsp3) is 0.643. The number of thiophene rings is 1. The standard InChI is InChI=1S/C14H22N2O2S/c1-10-12(15)9-13(19-10)14(17)18-8-6-11-5-3-4-7-16(11)2/h9,11H,3-8,15H2,1-2H3. The fourth-order valence-corrected chi connectivity index (χ4v) is 3.30. The van der Waals surface area contributed by atoms with E-state index in [0.717, 1.165) is 17.8 Å². The van der Waals surface area contributed by atoms with Crippen molar-refractivity contribution in [2.24, 2.45) is 0 Å². The summed E-state index contributed by atoms with van der Waals surface area (Å²) in [5.74, 6) is -0.247. The Kier molecular flexibility index (Phi) is 4.82. The van der Waals surface area contributed by atoms with Crippen molar-refractivity contribution in [1.82, 2.24) is 4.90 Å². The monoisotopic (exact) mass is 282 g/mol. The van der Waals surface area contributed by atoms with Crippen LogP contribution in [0.5, 0.6) is 0 Å². The zero-order valence-electron chi connectivity index (χ0n) is 11.6. The van der Waals surface area contributed by atoms with Crippen molar-refractivity contribution in [2.75, 3.05) is 25.9 Å². The van der Waals surface area contributed by atoms with Crippen molar-refractivity contribution < 1.29 is 9.53 Å². The van der Waals surface area contributed by atoms with Gasteiger partial charge in [0, 0.05) is 16.6 Å². The van der Waals surface area contributed by atoms with Gasteiger partial charge in [-0.1, -0.05) is 6.42 Å². The molecule has 19 heavy (non-hydrogen) atoms. The maximum absolute atomic E-state index is 11.9. The number of hydrogen-bond donors (Lipinski definition) is 1. The molecule has 1 unspecified atom stereocenters. The molecule has 106 valence electrons. The molecule has 0 aliphatic carbocycles. The van der Waals surface area contributed by atoms with Gasteiger partial charge in [-0.3, -0.25) is 0 Å². The van der Waals surface area contributed by atoms with Gasteiger partial charge in [0.2, 0.25) is 0 Å². The van der Waals surface area contributed by atoms with Crippen LogP contribution in [0.2, 0.25) is 0 Å². The number of esters is 1. The van der Waals surface area contributed by atoms with Crippen LogP contribution in [0, 0.1) is 6.92 Å². The van der Waals surface area contributed by atoms with E-state index in [0.29, 0.717) is 23.2 Å². The summed E-state index contributed by atoms with van der Waals surface area (Å²) in [5.41, 5.74) is 6.41. The second kappa shape index (κ2) is 6.39. The molecule has 4 nitrogen and oxygen atoms in total. The highest BCUT2D eigenvalue weighted by Crippen LogP contribution is 2.24. The van der Waals surface area contributed by atoms with Gasteiger partial charge in [-0.15, -0.1) is 11.3 Å². The number of aryl methyl sites for hydroxylation is 1. The SMILES string of the molecule is Cc1sc(C(=O)OCCC2CCCCN2C)cc1N. The summed E-state index contributed by atoms with van der Waals surface area (Å²) >= 11 is 1.40. The molecule has 0 saturated carbocycles. The molecule has 1 aromatic rings. The summed E-state index contributed by atoms with van der Waals surface area (Å²) in [6.07, 6.45) is 4.69. The van der Waals surface area contributed by atoms with Crippen molar-refractivity contribution in [3.05, 3.63) is 15.8 Å². The van der Waals surface area contributed by atoms with Gasteiger partial charge >= 0.3 is 5.97 Å². The topological polar surface area (TPSA) is 55.6 Å². The largest absolute Gasteiger partial charge is 0.461 e. The Hall–Kier alpha value is -1.07. The van der Waals surface area contributed by atoms with Gasteiger partial charge in [-0.25, -0.2) is 4.79 Å². The van der Waals surface area contributed by atoms with E-state index in [9.17, 15) is 4.79 Å². The number of ether oxygens (including phenoxy) is 1. The number of anilines is 1. The molecule has 2 N–H and O–H groups in total. The molecule has 2 rings (SSSR count). The lowest BCUT2D eigenvalue weighted by Gasteiger charge is -2.32. The van der Waals surface area contributed by atoms with Crippen LogP contribution in [0.3, 0.4) is 0 Å². The molecule has 2 heterocycles. The highest BCUT2D eigenvalue weighted by Gasteiger charge is 2.19. The van der Waals surface area contributed by atoms with Crippen LogP contribution in [0.25, 0.3) is 0 Å². The third kappa shape index (κ3) is 3.70. The van der Waals surface area contributed by atoms with Crippen molar-refractivity contribution in [3.8, 4) is 0 Å². The summed E-state index contributed by atoms with van der Waals surface area (Å²) in [6, 6.07) is 2.26. The van der Waals surface area contributed by atoms with Crippen LogP contribution in [0.15, 0.2) is 6.07 Å². The first-order chi connectivity index (χ1) is 9.08. The molecule has 0 aromatic carbocycles. The van der Waals surface area contributed by atoms with Crippen molar-refractivity contribution in [2.45, 2.75) is 38.6 Å². The van der Waals surface area contributed by atoms with Crippen LogP contribution in [-0.4, -0.2) is 37.1 Å². The van der Waals surface area contributed by atoms with E-state index in [1.54, 1.807) is 6.07 Å². The van der Waals surface area contributed by atoms with E-state index >= 15 is 0 Å². The Morgan fingerprint density at radius 3 is 3.00 bits per heavy atom. The predicted octanol–water partition coefficient (Wildman–Crippen LogP) is 2.67. The van der Waals surface area contributed by atoms with Gasteiger partial charge in [-0.05, 0) is 45.8 Å². The number of likely N-dealkylation sites (tertiary alicyclic amines) is 1. The van der Waals surface area contributed by atoms with Gasteiger partial charge in [0.05, 0.1) is 6.61 Å². The average Bonchev–Trinajstić information content (AvgIpc) is 2.72. The van der Waals surface area contributed by atoms with Gasteiger partial charge in [-0.2, -0.15) is 0 Å². The predicted molar refractivity (Wildman–Crippen MR) is 78.6 cm³/mol. The average molecular weight is 282 g/mol. The van der Waals surface area contributed by atoms with E-state index in [-0.39, 0.29) is 5.97 Å². The number of piperidine rings is 1. The molecule has 5 heteroatoms. The van der Waals surface area contributed by atoms with E-state index in [4.69, 9.17) is 10.5 Å². The van der Waals surface area contributed by atoms with Gasteiger partial charge in [0.1, 0.15) is 4.88 Å². The Labute approximate surface area is 118 Å². The minimum absolute atomic E-state index is 0.247. The Bertz CT molecular complexity index is 425. The first kappa shape index (κ1) is 14.3. The lowest BCUT2D eigenvalue weighted by molar-refractivity contribution is 0.0455. The van der Waals surface area contributed by atoms with Crippen LogP contribution in [0.1, 0.15) is 40.2 Å². The Balaban J connectivity index is 1.77. The summed E-state index contributed by atoms with van der Waals surface area (Å²) in [6.45, 7) is 3.55. The molecule has 0 amide bonds. The van der Waals surface area contributed by atoms with Crippen molar-refractivity contribution in [3.63, 3.8) is 0 Å². The number of nitrogen functional groups attached to an aromatic ring is 1.